The summed E-state index contributed by atoms with van der Waals surface area (Å²) >= 11 is 0. The maximum atomic E-state index is 14.2. The summed E-state index contributed by atoms with van der Waals surface area (Å²) in [6, 6.07) is 9.61. The maximum Gasteiger partial charge on any atom is 0.408 e. The third kappa shape index (κ3) is 9.29. The Bertz CT molecular complexity index is 1190. The van der Waals surface area contributed by atoms with Gasteiger partial charge in [0, 0.05) is 11.7 Å². The van der Waals surface area contributed by atoms with Crippen LogP contribution >= 0.6 is 0 Å². The van der Waals surface area contributed by atoms with Crippen molar-refractivity contribution in [3.63, 3.8) is 0 Å². The fourth-order valence-electron chi connectivity index (χ4n) is 4.32. The Morgan fingerprint density at radius 2 is 1.57 bits per heavy atom. The highest BCUT2D eigenvalue weighted by Crippen LogP contribution is 2.29. The van der Waals surface area contributed by atoms with E-state index in [0.717, 1.165) is 11.1 Å². The molecule has 3 atom stereocenters. The van der Waals surface area contributed by atoms with Gasteiger partial charge in [-0.05, 0) is 77.8 Å². The zero-order valence-electron chi connectivity index (χ0n) is 24.7. The molecule has 0 aromatic heterocycles. The molecule has 0 aliphatic carbocycles. The number of methoxy groups -OCH3 is 1. The van der Waals surface area contributed by atoms with E-state index < -0.39 is 54.0 Å². The molecule has 10 heteroatoms. The Balaban J connectivity index is 2.60. The number of anilines is 1. The van der Waals surface area contributed by atoms with E-state index in [9.17, 15) is 19.2 Å². The minimum Gasteiger partial charge on any atom is -0.497 e. The Labute approximate surface area is 236 Å². The first-order valence-corrected chi connectivity index (χ1v) is 13.3. The molecule has 218 valence electrons. The lowest BCUT2D eigenvalue weighted by molar-refractivity contribution is -0.144. The van der Waals surface area contributed by atoms with Gasteiger partial charge in [-0.2, -0.15) is 0 Å². The second-order valence-electron chi connectivity index (χ2n) is 10.9. The number of nitrogens with one attached hydrogen (secondary N) is 2. The number of benzene rings is 2. The fraction of sp³-hybridized carbons (Fsp3) is 0.467. The molecule has 10 nitrogen and oxygen atoms in total. The summed E-state index contributed by atoms with van der Waals surface area (Å²) in [5, 5.41) is 5.40. The molecular formula is C30H42N4O6. The van der Waals surface area contributed by atoms with Gasteiger partial charge < -0.3 is 30.7 Å². The predicted octanol–water partition coefficient (Wildman–Crippen LogP) is 4.39. The van der Waals surface area contributed by atoms with Crippen LogP contribution in [0.5, 0.6) is 5.75 Å². The molecule has 2 aromatic carbocycles. The summed E-state index contributed by atoms with van der Waals surface area (Å²) in [6.07, 6.45) is -0.842. The summed E-state index contributed by atoms with van der Waals surface area (Å²) in [5.74, 6) is -1.25. The molecule has 0 fully saturated rings. The zero-order chi connectivity index (χ0) is 30.2. The molecule has 0 heterocycles. The molecule has 40 heavy (non-hydrogen) atoms. The number of nitrogens with zero attached hydrogens (tertiary/aromatic N) is 1. The molecule has 2 aromatic rings. The zero-order valence-corrected chi connectivity index (χ0v) is 24.7. The molecule has 2 rings (SSSR count). The van der Waals surface area contributed by atoms with Gasteiger partial charge in [-0.1, -0.05) is 36.2 Å². The van der Waals surface area contributed by atoms with Gasteiger partial charge in [0.25, 0.3) is 5.91 Å². The van der Waals surface area contributed by atoms with Crippen LogP contribution in [0.3, 0.4) is 0 Å². The molecule has 3 unspecified atom stereocenters. The highest BCUT2D eigenvalue weighted by atomic mass is 16.6. The van der Waals surface area contributed by atoms with E-state index in [-0.39, 0.29) is 0 Å². The van der Waals surface area contributed by atoms with Crippen LogP contribution in [-0.4, -0.2) is 53.5 Å². The van der Waals surface area contributed by atoms with Crippen molar-refractivity contribution < 1.29 is 28.7 Å². The van der Waals surface area contributed by atoms with Crippen LogP contribution in [0.25, 0.3) is 0 Å². The molecule has 0 radical (unpaired) electrons. The highest BCUT2D eigenvalue weighted by Gasteiger charge is 2.39. The molecule has 0 bridgehead atoms. The molecular weight excluding hydrogens is 512 g/mol. The molecule has 0 saturated carbocycles. The second-order valence-corrected chi connectivity index (χ2v) is 10.9. The number of rotatable bonds is 11. The number of aryl methyl sites for hydroxylation is 2. The first-order chi connectivity index (χ1) is 18.6. The Morgan fingerprint density at radius 1 is 1.00 bits per heavy atom. The van der Waals surface area contributed by atoms with Gasteiger partial charge in [0.05, 0.1) is 13.5 Å². The van der Waals surface area contributed by atoms with Crippen LogP contribution < -0.4 is 21.1 Å². The van der Waals surface area contributed by atoms with Crippen LogP contribution in [0.1, 0.15) is 70.2 Å². The van der Waals surface area contributed by atoms with Crippen LogP contribution in [0, 0.1) is 13.8 Å². The normalized spacial score (nSPS) is 13.4. The molecule has 0 saturated heterocycles. The maximum absolute atomic E-state index is 14.2. The number of hydrogen-bond acceptors (Lipinski definition) is 6. The fourth-order valence-corrected chi connectivity index (χ4v) is 4.32. The van der Waals surface area contributed by atoms with E-state index in [2.05, 4.69) is 10.6 Å². The number of nitrogens with two attached hydrogens (primary N) is 1. The molecule has 4 amide bonds. The number of ether oxygens (including phenoxy) is 2. The van der Waals surface area contributed by atoms with E-state index in [1.165, 1.54) is 4.90 Å². The van der Waals surface area contributed by atoms with Crippen molar-refractivity contribution in [1.29, 1.82) is 0 Å². The standard InChI is InChI=1S/C30H42N4O6/c1-9-20(4)34(28(37)24(17-25(31)35)33-29(38)40-30(5,6)7)26(21-15-18(2)14-19(3)16-21)27(36)32-22-10-12-23(39-8)13-11-22/h10-16,20,24,26H,9,17H2,1-8H3,(H2,31,35)(H,32,36)(H,33,38). The summed E-state index contributed by atoms with van der Waals surface area (Å²) in [5.41, 5.74) is 7.56. The SMILES string of the molecule is CCC(C)N(C(=O)C(CC(N)=O)NC(=O)OC(C)(C)C)C(C(=O)Nc1ccc(OC)cc1)c1cc(C)cc(C)c1. The van der Waals surface area contributed by atoms with Gasteiger partial charge in [-0.15, -0.1) is 0 Å². The lowest BCUT2D eigenvalue weighted by atomic mass is 9.96. The summed E-state index contributed by atoms with van der Waals surface area (Å²) in [4.78, 5) is 54.1. The van der Waals surface area contributed by atoms with Crippen molar-refractivity contribution in [2.75, 3.05) is 12.4 Å². The topological polar surface area (TPSA) is 140 Å². The van der Waals surface area contributed by atoms with Crippen LogP contribution in [0.2, 0.25) is 0 Å². The average Bonchev–Trinajstić information content (AvgIpc) is 2.84. The minimum atomic E-state index is -1.34. The molecule has 0 spiro atoms. The summed E-state index contributed by atoms with van der Waals surface area (Å²) < 4.78 is 10.5. The number of amides is 4. The van der Waals surface area contributed by atoms with Crippen molar-refractivity contribution in [2.45, 2.75) is 85.0 Å². The highest BCUT2D eigenvalue weighted by molar-refractivity contribution is 6.00. The van der Waals surface area contributed by atoms with E-state index in [1.807, 2.05) is 45.9 Å². The largest absolute Gasteiger partial charge is 0.497 e. The third-order valence-corrected chi connectivity index (χ3v) is 6.16. The summed E-state index contributed by atoms with van der Waals surface area (Å²) in [7, 11) is 1.55. The summed E-state index contributed by atoms with van der Waals surface area (Å²) in [6.45, 7) is 12.6. The van der Waals surface area contributed by atoms with Gasteiger partial charge in [-0.3, -0.25) is 14.4 Å². The van der Waals surface area contributed by atoms with Crippen LogP contribution in [-0.2, 0) is 19.1 Å². The number of primary amides is 1. The first-order valence-electron chi connectivity index (χ1n) is 13.3. The Kier molecular flexibility index (Phi) is 11.1. The van der Waals surface area contributed by atoms with E-state index in [0.29, 0.717) is 23.4 Å². The van der Waals surface area contributed by atoms with Gasteiger partial charge in [0.2, 0.25) is 11.8 Å². The van der Waals surface area contributed by atoms with Crippen molar-refractivity contribution >= 4 is 29.5 Å². The smallest absolute Gasteiger partial charge is 0.408 e. The minimum absolute atomic E-state index is 0.448. The first kappa shape index (κ1) is 32.1. The van der Waals surface area contributed by atoms with E-state index >= 15 is 0 Å². The Morgan fingerprint density at radius 3 is 2.05 bits per heavy atom. The van der Waals surface area contributed by atoms with Crippen molar-refractivity contribution in [3.05, 3.63) is 59.2 Å². The van der Waals surface area contributed by atoms with E-state index in [4.69, 9.17) is 15.2 Å². The monoisotopic (exact) mass is 554 g/mol. The predicted molar refractivity (Wildman–Crippen MR) is 154 cm³/mol. The average molecular weight is 555 g/mol. The van der Waals surface area contributed by atoms with Crippen molar-refractivity contribution in [2.24, 2.45) is 5.73 Å². The van der Waals surface area contributed by atoms with Gasteiger partial charge in [0.1, 0.15) is 23.4 Å². The second kappa shape index (κ2) is 13.8. The number of carbonyl (C=O) groups excluding carboxylic acids is 4. The van der Waals surface area contributed by atoms with Gasteiger partial charge in [-0.25, -0.2) is 4.79 Å². The Hall–Kier alpha value is -4.08. The van der Waals surface area contributed by atoms with Crippen LogP contribution in [0.4, 0.5) is 10.5 Å². The number of carbonyl (C=O) groups is 4. The molecule has 0 aliphatic rings. The third-order valence-electron chi connectivity index (χ3n) is 6.16. The van der Waals surface area contributed by atoms with Crippen molar-refractivity contribution in [3.8, 4) is 5.75 Å². The van der Waals surface area contributed by atoms with Crippen LogP contribution in [0.15, 0.2) is 42.5 Å². The number of alkyl carbamates (subject to hydrolysis) is 1. The quantitative estimate of drug-likeness (QED) is 0.376. The van der Waals surface area contributed by atoms with Gasteiger partial charge >= 0.3 is 6.09 Å². The lowest BCUT2D eigenvalue weighted by Gasteiger charge is -2.38. The van der Waals surface area contributed by atoms with Gasteiger partial charge in [0.15, 0.2) is 0 Å². The molecule has 4 N–H and O–H groups in total. The number of hydrogen-bond donors (Lipinski definition) is 3. The molecule has 0 aliphatic heterocycles. The van der Waals surface area contributed by atoms with Crippen molar-refractivity contribution in [1.82, 2.24) is 10.2 Å². The lowest BCUT2D eigenvalue weighted by Crippen LogP contribution is -2.55. The van der Waals surface area contributed by atoms with E-state index in [1.54, 1.807) is 52.1 Å².